The van der Waals surface area contributed by atoms with Crippen molar-refractivity contribution < 1.29 is 4.79 Å². The third kappa shape index (κ3) is 4.14. The molecule has 2 aromatic rings. The van der Waals surface area contributed by atoms with Crippen molar-refractivity contribution in [2.45, 2.75) is 33.2 Å². The van der Waals surface area contributed by atoms with Gasteiger partial charge in [-0.05, 0) is 41.7 Å². The first-order valence-electron chi connectivity index (χ1n) is 8.21. The maximum absolute atomic E-state index is 12.5. The number of aryl methyl sites for hydroxylation is 2. The SMILES string of the molecule is CCc1cccc(CC)c1NC(=O)N(C)Cc1ccc(C#N)cc1. The summed E-state index contributed by atoms with van der Waals surface area (Å²) >= 11 is 0. The van der Waals surface area contributed by atoms with Crippen LogP contribution in [-0.2, 0) is 19.4 Å². The monoisotopic (exact) mass is 321 g/mol. The van der Waals surface area contributed by atoms with Gasteiger partial charge in [-0.25, -0.2) is 4.79 Å². The van der Waals surface area contributed by atoms with Crippen LogP contribution in [-0.4, -0.2) is 18.0 Å². The number of urea groups is 1. The number of amides is 2. The number of carbonyl (C=O) groups is 1. The van der Waals surface area contributed by atoms with Gasteiger partial charge in [0.15, 0.2) is 0 Å². The molecule has 0 saturated heterocycles. The first kappa shape index (κ1) is 17.6. The van der Waals surface area contributed by atoms with Crippen LogP contribution in [0, 0.1) is 11.3 Å². The highest BCUT2D eigenvalue weighted by atomic mass is 16.2. The molecule has 2 rings (SSSR count). The molecule has 1 N–H and O–H groups in total. The number of hydrogen-bond donors (Lipinski definition) is 1. The van der Waals surface area contributed by atoms with E-state index >= 15 is 0 Å². The third-order valence-corrected chi connectivity index (χ3v) is 4.08. The molecule has 0 aromatic heterocycles. The Morgan fingerprint density at radius 1 is 1.08 bits per heavy atom. The zero-order chi connectivity index (χ0) is 17.5. The summed E-state index contributed by atoms with van der Waals surface area (Å²) in [5.74, 6) is 0. The Hall–Kier alpha value is -2.80. The van der Waals surface area contributed by atoms with Crippen molar-refractivity contribution in [2.24, 2.45) is 0 Å². The van der Waals surface area contributed by atoms with Gasteiger partial charge in [0.2, 0.25) is 0 Å². The molecule has 0 heterocycles. The Morgan fingerprint density at radius 2 is 1.67 bits per heavy atom. The van der Waals surface area contributed by atoms with Crippen molar-refractivity contribution >= 4 is 11.7 Å². The van der Waals surface area contributed by atoms with Gasteiger partial charge in [0.25, 0.3) is 0 Å². The second-order valence-corrected chi connectivity index (χ2v) is 5.75. The van der Waals surface area contributed by atoms with Crippen molar-refractivity contribution in [3.63, 3.8) is 0 Å². The molecule has 4 nitrogen and oxygen atoms in total. The molecule has 0 atom stereocenters. The summed E-state index contributed by atoms with van der Waals surface area (Å²) in [6.07, 6.45) is 1.76. The lowest BCUT2D eigenvalue weighted by atomic mass is 10.0. The average molecular weight is 321 g/mol. The number of rotatable bonds is 5. The number of nitrogens with zero attached hydrogens (tertiary/aromatic N) is 2. The maximum Gasteiger partial charge on any atom is 0.321 e. The maximum atomic E-state index is 12.5. The quantitative estimate of drug-likeness (QED) is 0.890. The van der Waals surface area contributed by atoms with Gasteiger partial charge in [-0.2, -0.15) is 5.26 Å². The van der Waals surface area contributed by atoms with Crippen LogP contribution < -0.4 is 5.32 Å². The predicted octanol–water partition coefficient (Wildman–Crippen LogP) is 4.35. The average Bonchev–Trinajstić information content (AvgIpc) is 2.62. The van der Waals surface area contributed by atoms with Gasteiger partial charge in [0.1, 0.15) is 0 Å². The molecule has 0 radical (unpaired) electrons. The molecule has 0 spiro atoms. The summed E-state index contributed by atoms with van der Waals surface area (Å²) in [5, 5.41) is 11.9. The molecule has 0 fully saturated rings. The molecule has 0 saturated carbocycles. The molecule has 2 amide bonds. The fourth-order valence-corrected chi connectivity index (χ4v) is 2.64. The first-order valence-corrected chi connectivity index (χ1v) is 8.21. The van der Waals surface area contributed by atoms with Crippen LogP contribution in [0.25, 0.3) is 0 Å². The van der Waals surface area contributed by atoms with E-state index < -0.39 is 0 Å². The fraction of sp³-hybridized carbons (Fsp3) is 0.300. The highest BCUT2D eigenvalue weighted by molar-refractivity contribution is 5.91. The van der Waals surface area contributed by atoms with Crippen LogP contribution in [0.4, 0.5) is 10.5 Å². The number of carbonyl (C=O) groups excluding carboxylic acids is 1. The number of benzene rings is 2. The van der Waals surface area contributed by atoms with Gasteiger partial charge in [-0.1, -0.05) is 44.2 Å². The summed E-state index contributed by atoms with van der Waals surface area (Å²) < 4.78 is 0. The molecule has 0 aliphatic heterocycles. The minimum absolute atomic E-state index is 0.130. The van der Waals surface area contributed by atoms with Crippen LogP contribution >= 0.6 is 0 Å². The Morgan fingerprint density at radius 3 is 2.17 bits per heavy atom. The molecule has 0 aliphatic rings. The molecule has 24 heavy (non-hydrogen) atoms. The van der Waals surface area contributed by atoms with Gasteiger partial charge in [0.05, 0.1) is 11.6 Å². The van der Waals surface area contributed by atoms with E-state index in [0.717, 1.165) is 35.2 Å². The van der Waals surface area contributed by atoms with Crippen LogP contribution in [0.5, 0.6) is 0 Å². The number of hydrogen-bond acceptors (Lipinski definition) is 2. The molecule has 4 heteroatoms. The van der Waals surface area contributed by atoms with Gasteiger partial charge < -0.3 is 10.2 Å². The molecule has 0 aliphatic carbocycles. The standard InChI is InChI=1S/C20H23N3O/c1-4-17-7-6-8-18(5-2)19(17)22-20(24)23(3)14-16-11-9-15(13-21)10-12-16/h6-12H,4-5,14H2,1-3H3,(H,22,24). The largest absolute Gasteiger partial charge is 0.323 e. The van der Waals surface area contributed by atoms with E-state index in [1.165, 1.54) is 0 Å². The Kier molecular flexibility index (Phi) is 5.97. The summed E-state index contributed by atoms with van der Waals surface area (Å²) in [6.45, 7) is 4.67. The second kappa shape index (κ2) is 8.16. The lowest BCUT2D eigenvalue weighted by molar-refractivity contribution is 0.220. The van der Waals surface area contributed by atoms with Crippen molar-refractivity contribution in [2.75, 3.05) is 12.4 Å². The number of nitrogens with one attached hydrogen (secondary N) is 1. The highest BCUT2D eigenvalue weighted by Gasteiger charge is 2.13. The third-order valence-electron chi connectivity index (χ3n) is 4.08. The Bertz CT molecular complexity index is 722. The number of nitriles is 1. The fourth-order valence-electron chi connectivity index (χ4n) is 2.64. The highest BCUT2D eigenvalue weighted by Crippen LogP contribution is 2.23. The van der Waals surface area contributed by atoms with Crippen molar-refractivity contribution in [3.05, 3.63) is 64.7 Å². The lowest BCUT2D eigenvalue weighted by Gasteiger charge is -2.21. The van der Waals surface area contributed by atoms with Gasteiger partial charge in [0, 0.05) is 19.3 Å². The zero-order valence-corrected chi connectivity index (χ0v) is 14.5. The summed E-state index contributed by atoms with van der Waals surface area (Å²) in [7, 11) is 1.77. The lowest BCUT2D eigenvalue weighted by Crippen LogP contribution is -2.31. The van der Waals surface area contributed by atoms with Crippen LogP contribution in [0.15, 0.2) is 42.5 Å². The van der Waals surface area contributed by atoms with Crippen LogP contribution in [0.1, 0.15) is 36.1 Å². The molecule has 0 bridgehead atoms. The van der Waals surface area contributed by atoms with Crippen molar-refractivity contribution in [1.82, 2.24) is 4.90 Å². The number of anilines is 1. The molecule has 0 unspecified atom stereocenters. The van der Waals surface area contributed by atoms with E-state index in [9.17, 15) is 4.79 Å². The topological polar surface area (TPSA) is 56.1 Å². The van der Waals surface area contributed by atoms with Crippen LogP contribution in [0.3, 0.4) is 0 Å². The number of para-hydroxylation sites is 1. The van der Waals surface area contributed by atoms with E-state index in [4.69, 9.17) is 5.26 Å². The van der Waals surface area contributed by atoms with E-state index in [-0.39, 0.29) is 6.03 Å². The molecule has 2 aromatic carbocycles. The molecule has 124 valence electrons. The van der Waals surface area contributed by atoms with E-state index in [0.29, 0.717) is 12.1 Å². The smallest absolute Gasteiger partial charge is 0.321 e. The minimum Gasteiger partial charge on any atom is -0.323 e. The van der Waals surface area contributed by atoms with Gasteiger partial charge >= 0.3 is 6.03 Å². The minimum atomic E-state index is -0.130. The summed E-state index contributed by atoms with van der Waals surface area (Å²) in [5.41, 5.74) is 4.84. The van der Waals surface area contributed by atoms with Crippen LogP contribution in [0.2, 0.25) is 0 Å². The van der Waals surface area contributed by atoms with E-state index in [1.807, 2.05) is 18.2 Å². The van der Waals surface area contributed by atoms with Gasteiger partial charge in [-0.3, -0.25) is 0 Å². The van der Waals surface area contributed by atoms with Crippen molar-refractivity contribution in [1.29, 1.82) is 5.26 Å². The molecular formula is C20H23N3O. The Balaban J connectivity index is 2.10. The van der Waals surface area contributed by atoms with E-state index in [1.54, 1.807) is 24.1 Å². The first-order chi connectivity index (χ1) is 11.6. The zero-order valence-electron chi connectivity index (χ0n) is 14.5. The van der Waals surface area contributed by atoms with Gasteiger partial charge in [-0.15, -0.1) is 0 Å². The Labute approximate surface area is 143 Å². The summed E-state index contributed by atoms with van der Waals surface area (Å²) in [6, 6.07) is 15.4. The summed E-state index contributed by atoms with van der Waals surface area (Å²) in [4.78, 5) is 14.2. The predicted molar refractivity (Wildman–Crippen MR) is 96.8 cm³/mol. The molecular weight excluding hydrogens is 298 g/mol. The normalized spacial score (nSPS) is 10.1. The van der Waals surface area contributed by atoms with E-state index in [2.05, 4.69) is 37.4 Å². The second-order valence-electron chi connectivity index (χ2n) is 5.75. The van der Waals surface area contributed by atoms with Crippen molar-refractivity contribution in [3.8, 4) is 6.07 Å².